The standard InChI is InChI=1S/C25H28F2N8O2/c1-3-18-22-33-29-13-34(22)19-12-28-24(32-21(19)35(18)16-8-9-25(26,27)11-16)31-17-7-4-14(10-20(17)37-2)23(36)30-15-5-6-15/h4,7,10,12-13,15-16,18H,3,5-6,8-9,11H2,1-2H3,(H,30,36)(H,28,31,32)/t16-,18-/m1/s1. The molecular weight excluding hydrogens is 482 g/mol. The van der Waals surface area contributed by atoms with Crippen LogP contribution in [0.25, 0.3) is 5.69 Å². The van der Waals surface area contributed by atoms with Crippen LogP contribution in [0.15, 0.2) is 30.7 Å². The number of nitrogens with one attached hydrogen (secondary N) is 2. The predicted octanol–water partition coefficient (Wildman–Crippen LogP) is 4.16. The van der Waals surface area contributed by atoms with Crippen LogP contribution in [-0.2, 0) is 0 Å². The Balaban J connectivity index is 1.34. The zero-order valence-electron chi connectivity index (χ0n) is 20.6. The number of nitrogens with zero attached hydrogens (tertiary/aromatic N) is 6. The van der Waals surface area contributed by atoms with Crippen molar-refractivity contribution >= 4 is 23.4 Å². The van der Waals surface area contributed by atoms with Crippen molar-refractivity contribution in [3.05, 3.63) is 42.1 Å². The number of methoxy groups -OCH3 is 1. The lowest BCUT2D eigenvalue weighted by molar-refractivity contribution is 0.00745. The average molecular weight is 511 g/mol. The van der Waals surface area contributed by atoms with Gasteiger partial charge in [0.2, 0.25) is 11.9 Å². The lowest BCUT2D eigenvalue weighted by Crippen LogP contribution is -2.42. The van der Waals surface area contributed by atoms with Crippen molar-refractivity contribution in [2.24, 2.45) is 0 Å². The number of alkyl halides is 2. The molecule has 2 N–H and O–H groups in total. The number of carbonyl (C=O) groups excluding carboxylic acids is 1. The maximum Gasteiger partial charge on any atom is 0.251 e. The normalized spacial score (nSPS) is 21.8. The molecule has 3 aromatic rings. The molecule has 2 atom stereocenters. The number of aromatic nitrogens is 5. The molecule has 3 aliphatic rings. The quantitative estimate of drug-likeness (QED) is 0.488. The monoisotopic (exact) mass is 510 g/mol. The zero-order chi connectivity index (χ0) is 25.7. The van der Waals surface area contributed by atoms with Gasteiger partial charge < -0.3 is 20.3 Å². The summed E-state index contributed by atoms with van der Waals surface area (Å²) in [5.74, 6) is -0.854. The largest absolute Gasteiger partial charge is 0.495 e. The molecule has 0 bridgehead atoms. The Morgan fingerprint density at radius 1 is 1.27 bits per heavy atom. The van der Waals surface area contributed by atoms with Gasteiger partial charge in [0.05, 0.1) is 25.0 Å². The molecule has 0 saturated heterocycles. The van der Waals surface area contributed by atoms with Gasteiger partial charge in [-0.25, -0.2) is 13.8 Å². The number of amides is 1. The second-order valence-corrected chi connectivity index (χ2v) is 9.83. The molecule has 2 aliphatic carbocycles. The molecule has 10 nitrogen and oxygen atoms in total. The number of ether oxygens (including phenoxy) is 1. The Morgan fingerprint density at radius 3 is 2.81 bits per heavy atom. The molecule has 1 amide bonds. The van der Waals surface area contributed by atoms with Gasteiger partial charge in [-0.3, -0.25) is 9.36 Å². The topological polar surface area (TPSA) is 110 Å². The van der Waals surface area contributed by atoms with Gasteiger partial charge in [-0.2, -0.15) is 4.98 Å². The summed E-state index contributed by atoms with van der Waals surface area (Å²) in [6, 6.07) is 4.75. The molecule has 0 radical (unpaired) electrons. The Labute approximate surface area is 212 Å². The molecule has 1 aliphatic heterocycles. The van der Waals surface area contributed by atoms with Crippen LogP contribution in [0.2, 0.25) is 0 Å². The summed E-state index contributed by atoms with van der Waals surface area (Å²) >= 11 is 0. The first-order valence-corrected chi connectivity index (χ1v) is 12.6. The summed E-state index contributed by atoms with van der Waals surface area (Å²) in [6.45, 7) is 2.00. The molecule has 2 saturated carbocycles. The zero-order valence-corrected chi connectivity index (χ0v) is 20.6. The molecule has 12 heteroatoms. The molecule has 1 aromatic carbocycles. The van der Waals surface area contributed by atoms with Crippen LogP contribution in [0.5, 0.6) is 5.75 Å². The van der Waals surface area contributed by atoms with Crippen LogP contribution in [0, 0.1) is 0 Å². The maximum absolute atomic E-state index is 14.3. The van der Waals surface area contributed by atoms with Gasteiger partial charge in [-0.1, -0.05) is 6.92 Å². The lowest BCUT2D eigenvalue weighted by Gasteiger charge is -2.40. The van der Waals surface area contributed by atoms with Gasteiger partial charge in [0.15, 0.2) is 11.6 Å². The minimum Gasteiger partial charge on any atom is -0.495 e. The predicted molar refractivity (Wildman–Crippen MR) is 132 cm³/mol. The number of carbonyl (C=O) groups is 1. The van der Waals surface area contributed by atoms with Gasteiger partial charge in [0, 0.05) is 30.5 Å². The van der Waals surface area contributed by atoms with Gasteiger partial charge in [-0.15, -0.1) is 10.2 Å². The van der Waals surface area contributed by atoms with Gasteiger partial charge in [0.1, 0.15) is 17.8 Å². The molecule has 6 rings (SSSR count). The third-order valence-electron chi connectivity index (χ3n) is 7.24. The SMILES string of the molecule is CC[C@@H]1c2nncn2-c2cnc(Nc3ccc(C(=O)NC4CC4)cc3OC)nc2N1[C@@H]1CCC(F)(F)C1. The first-order valence-electron chi connectivity index (χ1n) is 12.6. The van der Waals surface area contributed by atoms with E-state index in [-0.39, 0.29) is 42.8 Å². The highest BCUT2D eigenvalue weighted by Crippen LogP contribution is 2.46. The van der Waals surface area contributed by atoms with E-state index in [4.69, 9.17) is 9.72 Å². The van der Waals surface area contributed by atoms with Gasteiger partial charge >= 0.3 is 0 Å². The van der Waals surface area contributed by atoms with Crippen molar-refractivity contribution in [2.75, 3.05) is 17.3 Å². The Hall–Kier alpha value is -3.83. The van der Waals surface area contributed by atoms with E-state index in [1.54, 1.807) is 30.7 Å². The summed E-state index contributed by atoms with van der Waals surface area (Å²) in [7, 11) is 1.53. The number of rotatable bonds is 7. The number of fused-ring (bicyclic) bond motifs is 3. The van der Waals surface area contributed by atoms with E-state index < -0.39 is 5.92 Å². The minimum absolute atomic E-state index is 0.142. The van der Waals surface area contributed by atoms with Crippen molar-refractivity contribution in [3.8, 4) is 11.4 Å². The van der Waals surface area contributed by atoms with Crippen molar-refractivity contribution in [1.82, 2.24) is 30.0 Å². The third kappa shape index (κ3) is 4.34. The Morgan fingerprint density at radius 2 is 2.11 bits per heavy atom. The Bertz CT molecular complexity index is 1340. The van der Waals surface area contributed by atoms with E-state index in [0.29, 0.717) is 47.2 Å². The van der Waals surface area contributed by atoms with Gasteiger partial charge in [-0.05, 0) is 43.9 Å². The van der Waals surface area contributed by atoms with Gasteiger partial charge in [0.25, 0.3) is 5.91 Å². The summed E-state index contributed by atoms with van der Waals surface area (Å²) in [6.07, 6.45) is 5.89. The van der Waals surface area contributed by atoms with E-state index >= 15 is 0 Å². The molecule has 194 valence electrons. The van der Waals surface area contributed by atoms with E-state index in [9.17, 15) is 13.6 Å². The van der Waals surface area contributed by atoms with Crippen LogP contribution in [-0.4, -0.2) is 55.8 Å². The van der Waals surface area contributed by atoms with Crippen molar-refractivity contribution in [3.63, 3.8) is 0 Å². The molecule has 0 spiro atoms. The fourth-order valence-corrected chi connectivity index (χ4v) is 5.24. The van der Waals surface area contributed by atoms with E-state index in [0.717, 1.165) is 12.8 Å². The lowest BCUT2D eigenvalue weighted by atomic mass is 10.0. The maximum atomic E-state index is 14.3. The molecule has 2 aromatic heterocycles. The van der Waals surface area contributed by atoms with Crippen LogP contribution in [0.3, 0.4) is 0 Å². The van der Waals surface area contributed by atoms with Crippen LogP contribution in [0.4, 0.5) is 26.2 Å². The van der Waals surface area contributed by atoms with Crippen molar-refractivity contribution in [2.45, 2.75) is 69.5 Å². The molecule has 2 fully saturated rings. The van der Waals surface area contributed by atoms with E-state index in [1.165, 1.54) is 7.11 Å². The van der Waals surface area contributed by atoms with Crippen molar-refractivity contribution in [1.29, 1.82) is 0 Å². The van der Waals surface area contributed by atoms with Crippen LogP contribution >= 0.6 is 0 Å². The third-order valence-corrected chi connectivity index (χ3v) is 7.24. The summed E-state index contributed by atoms with van der Waals surface area (Å²) in [5.41, 5.74) is 1.72. The second kappa shape index (κ2) is 8.93. The first-order chi connectivity index (χ1) is 17.9. The number of benzene rings is 1. The molecular formula is C25H28F2N8O2. The summed E-state index contributed by atoms with van der Waals surface area (Å²) in [4.78, 5) is 23.7. The fourth-order valence-electron chi connectivity index (χ4n) is 5.24. The summed E-state index contributed by atoms with van der Waals surface area (Å²) in [5, 5.41) is 14.5. The molecule has 3 heterocycles. The molecule has 0 unspecified atom stereocenters. The smallest absolute Gasteiger partial charge is 0.251 e. The highest BCUT2D eigenvalue weighted by molar-refractivity contribution is 5.95. The number of hydrogen-bond donors (Lipinski definition) is 2. The van der Waals surface area contributed by atoms with Crippen molar-refractivity contribution < 1.29 is 18.3 Å². The highest BCUT2D eigenvalue weighted by Gasteiger charge is 2.46. The summed E-state index contributed by atoms with van der Waals surface area (Å²) < 4.78 is 35.9. The number of halogens is 2. The first kappa shape index (κ1) is 23.6. The number of anilines is 3. The second-order valence-electron chi connectivity index (χ2n) is 9.83. The molecule has 37 heavy (non-hydrogen) atoms. The number of hydrogen-bond acceptors (Lipinski definition) is 8. The highest BCUT2D eigenvalue weighted by atomic mass is 19.3. The fraction of sp³-hybridized carbons (Fsp3) is 0.480. The Kier molecular flexibility index (Phi) is 5.68. The van der Waals surface area contributed by atoms with E-state index in [1.807, 2.05) is 16.4 Å². The van der Waals surface area contributed by atoms with E-state index in [2.05, 4.69) is 25.8 Å². The average Bonchev–Trinajstić information content (AvgIpc) is 3.43. The van der Waals surface area contributed by atoms with Crippen LogP contribution in [0.1, 0.15) is 67.7 Å². The minimum atomic E-state index is -2.71. The van der Waals surface area contributed by atoms with Crippen LogP contribution < -0.4 is 20.3 Å².